The number of aryl methyl sites for hydroxylation is 1. The van der Waals surface area contributed by atoms with Crippen LogP contribution < -0.4 is 10.1 Å². The third-order valence-corrected chi connectivity index (χ3v) is 5.23. The van der Waals surface area contributed by atoms with Crippen molar-refractivity contribution < 1.29 is 14.3 Å². The molecule has 0 fully saturated rings. The van der Waals surface area contributed by atoms with Gasteiger partial charge in [0.15, 0.2) is 6.61 Å². The summed E-state index contributed by atoms with van der Waals surface area (Å²) in [6.45, 7) is 6.08. The van der Waals surface area contributed by atoms with Crippen LogP contribution in [0.3, 0.4) is 0 Å². The Bertz CT molecular complexity index is 827. The molecule has 0 radical (unpaired) electrons. The molecule has 0 heterocycles. The summed E-state index contributed by atoms with van der Waals surface area (Å²) >= 11 is 9.42. The van der Waals surface area contributed by atoms with Crippen LogP contribution in [0.1, 0.15) is 25.0 Å². The molecule has 0 saturated carbocycles. The number of hydrogen-bond donors (Lipinski definition) is 1. The first-order valence-electron chi connectivity index (χ1n) is 9.02. The topological polar surface area (TPSA) is 58.6 Å². The van der Waals surface area contributed by atoms with E-state index in [1.54, 1.807) is 25.1 Å². The van der Waals surface area contributed by atoms with E-state index in [1.807, 2.05) is 38.1 Å². The summed E-state index contributed by atoms with van der Waals surface area (Å²) in [5.41, 5.74) is 1.80. The molecule has 0 bridgehead atoms. The molecule has 0 aromatic heterocycles. The number of ether oxygens (including phenoxy) is 1. The summed E-state index contributed by atoms with van der Waals surface area (Å²) in [7, 11) is 0. The number of likely N-dealkylation sites (N-methyl/N-ethyl adjacent to an activating group) is 1. The smallest absolute Gasteiger partial charge is 0.261 e. The highest BCUT2D eigenvalue weighted by atomic mass is 79.9. The normalized spacial score (nSPS) is 11.6. The zero-order valence-corrected chi connectivity index (χ0v) is 18.5. The number of hydrogen-bond acceptors (Lipinski definition) is 3. The molecule has 0 aliphatic rings. The molecule has 1 atom stereocenters. The molecule has 7 heteroatoms. The highest BCUT2D eigenvalue weighted by Crippen LogP contribution is 2.21. The van der Waals surface area contributed by atoms with Crippen molar-refractivity contribution >= 4 is 39.3 Å². The molecule has 0 unspecified atom stereocenters. The minimum absolute atomic E-state index is 0.165. The summed E-state index contributed by atoms with van der Waals surface area (Å²) in [6, 6.07) is 12.2. The molecule has 28 heavy (non-hydrogen) atoms. The first-order chi connectivity index (χ1) is 13.3. The van der Waals surface area contributed by atoms with E-state index < -0.39 is 6.04 Å². The summed E-state index contributed by atoms with van der Waals surface area (Å²) < 4.78 is 6.59. The van der Waals surface area contributed by atoms with Gasteiger partial charge in [-0.2, -0.15) is 0 Å². The second kappa shape index (κ2) is 10.5. The second-order valence-corrected chi connectivity index (χ2v) is 7.74. The largest absolute Gasteiger partial charge is 0.484 e. The van der Waals surface area contributed by atoms with Crippen molar-refractivity contribution in [3.63, 3.8) is 0 Å². The van der Waals surface area contributed by atoms with E-state index >= 15 is 0 Å². The first-order valence-corrected chi connectivity index (χ1v) is 10.2. The number of nitrogens with zero attached hydrogens (tertiary/aromatic N) is 1. The van der Waals surface area contributed by atoms with Gasteiger partial charge in [-0.3, -0.25) is 9.59 Å². The van der Waals surface area contributed by atoms with Crippen LogP contribution in [0.15, 0.2) is 46.9 Å². The van der Waals surface area contributed by atoms with E-state index in [-0.39, 0.29) is 18.4 Å². The Morgan fingerprint density at radius 1 is 1.21 bits per heavy atom. The lowest BCUT2D eigenvalue weighted by molar-refractivity contribution is -0.142. The standard InChI is InChI=1S/C21H24BrClN2O3/c1-4-24-21(27)15(3)25(12-16-5-7-17(22)8-6-16)20(26)13-28-18-9-10-19(23)14(2)11-18/h5-11,15H,4,12-13H2,1-3H3,(H,24,27)/t15-/m0/s1. The van der Waals surface area contributed by atoms with Gasteiger partial charge in [0.25, 0.3) is 5.91 Å². The average Bonchev–Trinajstić information content (AvgIpc) is 2.68. The fourth-order valence-corrected chi connectivity index (χ4v) is 3.01. The van der Waals surface area contributed by atoms with Crippen molar-refractivity contribution in [3.05, 3.63) is 63.1 Å². The molecule has 0 saturated heterocycles. The SMILES string of the molecule is CCNC(=O)[C@H](C)N(Cc1ccc(Br)cc1)C(=O)COc1ccc(Cl)c(C)c1. The summed E-state index contributed by atoms with van der Waals surface area (Å²) in [6.07, 6.45) is 0. The third-order valence-electron chi connectivity index (χ3n) is 4.28. The van der Waals surface area contributed by atoms with Gasteiger partial charge in [-0.25, -0.2) is 0 Å². The Labute approximate surface area is 179 Å². The minimum Gasteiger partial charge on any atom is -0.484 e. The van der Waals surface area contributed by atoms with Crippen molar-refractivity contribution in [2.45, 2.75) is 33.4 Å². The lowest BCUT2D eigenvalue weighted by atomic mass is 10.1. The monoisotopic (exact) mass is 466 g/mol. The van der Waals surface area contributed by atoms with Gasteiger partial charge in [0.05, 0.1) is 0 Å². The number of carbonyl (C=O) groups is 2. The second-order valence-electron chi connectivity index (χ2n) is 6.42. The molecule has 1 N–H and O–H groups in total. The van der Waals surface area contributed by atoms with Gasteiger partial charge in [0.1, 0.15) is 11.8 Å². The van der Waals surface area contributed by atoms with E-state index in [0.717, 1.165) is 15.6 Å². The number of halogens is 2. The van der Waals surface area contributed by atoms with Gasteiger partial charge in [0, 0.05) is 22.6 Å². The predicted molar refractivity (Wildman–Crippen MR) is 115 cm³/mol. The Balaban J connectivity index is 2.13. The van der Waals surface area contributed by atoms with Crippen molar-refractivity contribution in [2.24, 2.45) is 0 Å². The maximum Gasteiger partial charge on any atom is 0.261 e. The third kappa shape index (κ3) is 6.24. The molecule has 2 rings (SSSR count). The van der Waals surface area contributed by atoms with E-state index in [9.17, 15) is 9.59 Å². The van der Waals surface area contributed by atoms with Gasteiger partial charge in [-0.15, -0.1) is 0 Å². The van der Waals surface area contributed by atoms with Gasteiger partial charge in [-0.05, 0) is 62.2 Å². The van der Waals surface area contributed by atoms with E-state index in [0.29, 0.717) is 23.9 Å². The zero-order valence-electron chi connectivity index (χ0n) is 16.2. The number of rotatable bonds is 8. The number of benzene rings is 2. The Morgan fingerprint density at radius 2 is 1.89 bits per heavy atom. The predicted octanol–water partition coefficient (Wildman–Crippen LogP) is 4.34. The maximum atomic E-state index is 12.9. The Kier molecular flexibility index (Phi) is 8.33. The number of nitrogens with one attached hydrogen (secondary N) is 1. The summed E-state index contributed by atoms with van der Waals surface area (Å²) in [4.78, 5) is 26.7. The molecular formula is C21H24BrClN2O3. The van der Waals surface area contributed by atoms with Crippen LogP contribution in [0.2, 0.25) is 5.02 Å². The van der Waals surface area contributed by atoms with Gasteiger partial charge >= 0.3 is 0 Å². The highest BCUT2D eigenvalue weighted by molar-refractivity contribution is 9.10. The van der Waals surface area contributed by atoms with Gasteiger partial charge < -0.3 is 15.0 Å². The van der Waals surface area contributed by atoms with Crippen molar-refractivity contribution in [2.75, 3.05) is 13.2 Å². The van der Waals surface area contributed by atoms with Crippen LogP contribution in [0.5, 0.6) is 5.75 Å². The van der Waals surface area contributed by atoms with Crippen molar-refractivity contribution in [3.8, 4) is 5.75 Å². The Morgan fingerprint density at radius 3 is 2.50 bits per heavy atom. The van der Waals surface area contributed by atoms with Crippen LogP contribution in [-0.2, 0) is 16.1 Å². The first kappa shape index (κ1) is 22.2. The fourth-order valence-electron chi connectivity index (χ4n) is 2.63. The molecule has 5 nitrogen and oxygen atoms in total. The molecule has 0 aliphatic carbocycles. The quantitative estimate of drug-likeness (QED) is 0.628. The number of amides is 2. The molecular weight excluding hydrogens is 444 g/mol. The van der Waals surface area contributed by atoms with E-state index in [4.69, 9.17) is 16.3 Å². The fraction of sp³-hybridized carbons (Fsp3) is 0.333. The van der Waals surface area contributed by atoms with E-state index in [1.165, 1.54) is 4.90 Å². The average molecular weight is 468 g/mol. The highest BCUT2D eigenvalue weighted by Gasteiger charge is 2.26. The van der Waals surface area contributed by atoms with Crippen LogP contribution in [0, 0.1) is 6.92 Å². The Hall–Kier alpha value is -2.05. The van der Waals surface area contributed by atoms with Crippen molar-refractivity contribution in [1.82, 2.24) is 10.2 Å². The molecule has 0 aliphatic heterocycles. The van der Waals surface area contributed by atoms with E-state index in [2.05, 4.69) is 21.2 Å². The summed E-state index contributed by atoms with van der Waals surface area (Å²) in [5.74, 6) is 0.0917. The van der Waals surface area contributed by atoms with Crippen LogP contribution in [0.4, 0.5) is 0 Å². The van der Waals surface area contributed by atoms with Crippen LogP contribution >= 0.6 is 27.5 Å². The maximum absolute atomic E-state index is 12.9. The van der Waals surface area contributed by atoms with Crippen molar-refractivity contribution in [1.29, 1.82) is 0 Å². The zero-order chi connectivity index (χ0) is 20.7. The lowest BCUT2D eigenvalue weighted by Crippen LogP contribution is -2.49. The molecule has 2 aromatic carbocycles. The molecule has 2 aromatic rings. The molecule has 2 amide bonds. The van der Waals surface area contributed by atoms with Gasteiger partial charge in [0.2, 0.25) is 5.91 Å². The lowest BCUT2D eigenvalue weighted by Gasteiger charge is -2.28. The number of carbonyl (C=O) groups excluding carboxylic acids is 2. The minimum atomic E-state index is -0.619. The van der Waals surface area contributed by atoms with Gasteiger partial charge in [-0.1, -0.05) is 39.7 Å². The molecule has 150 valence electrons. The molecule has 0 spiro atoms. The van der Waals surface area contributed by atoms with Crippen LogP contribution in [0.25, 0.3) is 0 Å². The van der Waals surface area contributed by atoms with Crippen LogP contribution in [-0.4, -0.2) is 35.9 Å². The summed E-state index contributed by atoms with van der Waals surface area (Å²) in [5, 5.41) is 3.41.